The molecule has 1 amide bonds. The molecular weight excluding hydrogens is 353 g/mol. The summed E-state index contributed by atoms with van der Waals surface area (Å²) in [4.78, 5) is 23.1. The molecule has 0 bridgehead atoms. The van der Waals surface area contributed by atoms with Gasteiger partial charge in [-0.25, -0.2) is 4.39 Å². The van der Waals surface area contributed by atoms with Crippen LogP contribution in [-0.4, -0.2) is 31.2 Å². The van der Waals surface area contributed by atoms with Crippen molar-refractivity contribution in [2.75, 3.05) is 19.5 Å². The van der Waals surface area contributed by atoms with Crippen LogP contribution >= 0.6 is 0 Å². The quantitative estimate of drug-likeness (QED) is 0.740. The van der Waals surface area contributed by atoms with Gasteiger partial charge in [-0.3, -0.25) is 9.59 Å². The molecule has 0 heterocycles. The monoisotopic (exact) mass is 375 g/mol. The number of benzene rings is 2. The van der Waals surface area contributed by atoms with Gasteiger partial charge in [-0.2, -0.15) is 0 Å². The first-order valence-corrected chi connectivity index (χ1v) is 8.36. The highest BCUT2D eigenvalue weighted by Crippen LogP contribution is 2.28. The van der Waals surface area contributed by atoms with Crippen molar-refractivity contribution in [2.45, 2.75) is 19.8 Å². The predicted molar refractivity (Wildman–Crippen MR) is 98.8 cm³/mol. The molecule has 2 N–H and O–H groups in total. The summed E-state index contributed by atoms with van der Waals surface area (Å²) in [7, 11) is 3.09. The van der Waals surface area contributed by atoms with Crippen LogP contribution in [-0.2, 0) is 22.4 Å². The number of nitrogens with one attached hydrogen (secondary N) is 1. The van der Waals surface area contributed by atoms with E-state index in [1.165, 1.54) is 12.1 Å². The fourth-order valence-corrected chi connectivity index (χ4v) is 2.65. The molecule has 0 saturated carbocycles. The predicted octanol–water partition coefficient (Wildman–Crippen LogP) is 3.29. The first-order valence-electron chi connectivity index (χ1n) is 8.36. The van der Waals surface area contributed by atoms with Crippen molar-refractivity contribution in [3.8, 4) is 11.5 Å². The maximum atomic E-state index is 13.9. The molecule has 2 aromatic rings. The normalized spacial score (nSPS) is 11.6. The third-order valence-corrected chi connectivity index (χ3v) is 4.10. The number of aliphatic carboxylic acids is 1. The minimum absolute atomic E-state index is 0.0684. The van der Waals surface area contributed by atoms with Gasteiger partial charge in [0.15, 0.2) is 11.5 Å². The lowest BCUT2D eigenvalue weighted by atomic mass is 9.99. The molecule has 0 aliphatic rings. The van der Waals surface area contributed by atoms with Crippen LogP contribution in [0.4, 0.5) is 10.1 Å². The molecule has 2 aromatic carbocycles. The highest BCUT2D eigenvalue weighted by atomic mass is 19.1. The van der Waals surface area contributed by atoms with E-state index in [0.29, 0.717) is 17.9 Å². The largest absolute Gasteiger partial charge is 0.493 e. The van der Waals surface area contributed by atoms with Crippen molar-refractivity contribution in [2.24, 2.45) is 5.92 Å². The number of halogens is 1. The Labute approximate surface area is 156 Å². The molecule has 0 aromatic heterocycles. The Morgan fingerprint density at radius 1 is 1.11 bits per heavy atom. The number of carboxylic acids is 1. The van der Waals surface area contributed by atoms with E-state index in [0.717, 1.165) is 11.6 Å². The minimum atomic E-state index is -1.12. The Bertz CT molecular complexity index is 837. The molecule has 0 radical (unpaired) electrons. The van der Waals surface area contributed by atoms with Gasteiger partial charge in [0.25, 0.3) is 0 Å². The second-order valence-electron chi connectivity index (χ2n) is 6.16. The SMILES string of the molecule is COc1ccc(CC(C)C(=O)Nc2ccc(CC(=O)O)c(F)c2)cc1OC. The van der Waals surface area contributed by atoms with Crippen LogP contribution in [0, 0.1) is 11.7 Å². The first-order chi connectivity index (χ1) is 12.8. The lowest BCUT2D eigenvalue weighted by Gasteiger charge is -2.14. The van der Waals surface area contributed by atoms with Crippen LogP contribution in [0.1, 0.15) is 18.1 Å². The smallest absolute Gasteiger partial charge is 0.307 e. The van der Waals surface area contributed by atoms with Crippen LogP contribution in [0.25, 0.3) is 0 Å². The number of anilines is 1. The van der Waals surface area contributed by atoms with E-state index >= 15 is 0 Å². The van der Waals surface area contributed by atoms with Crippen molar-refractivity contribution in [3.05, 3.63) is 53.3 Å². The average Bonchev–Trinajstić information content (AvgIpc) is 2.63. The lowest BCUT2D eigenvalue weighted by molar-refractivity contribution is -0.136. The molecule has 2 rings (SSSR count). The van der Waals surface area contributed by atoms with Crippen molar-refractivity contribution in [3.63, 3.8) is 0 Å². The third-order valence-electron chi connectivity index (χ3n) is 4.10. The molecule has 0 fully saturated rings. The van der Waals surface area contributed by atoms with Crippen molar-refractivity contribution in [1.82, 2.24) is 0 Å². The first kappa shape index (κ1) is 20.2. The molecule has 7 heteroatoms. The van der Waals surface area contributed by atoms with E-state index in [1.807, 2.05) is 12.1 Å². The molecule has 6 nitrogen and oxygen atoms in total. The van der Waals surface area contributed by atoms with Gasteiger partial charge in [0.2, 0.25) is 5.91 Å². The molecule has 0 saturated heterocycles. The molecule has 0 spiro atoms. The molecule has 1 atom stereocenters. The second kappa shape index (κ2) is 9.02. The van der Waals surface area contributed by atoms with Crippen LogP contribution in [0.2, 0.25) is 0 Å². The maximum Gasteiger partial charge on any atom is 0.307 e. The van der Waals surface area contributed by atoms with Crippen molar-refractivity contribution >= 4 is 17.6 Å². The molecular formula is C20H22FNO5. The summed E-state index contributed by atoms with van der Waals surface area (Å²) >= 11 is 0. The van der Waals surface area contributed by atoms with E-state index in [1.54, 1.807) is 27.2 Å². The summed E-state index contributed by atoms with van der Waals surface area (Å²) < 4.78 is 24.4. The number of carboxylic acid groups (broad SMARTS) is 1. The lowest BCUT2D eigenvalue weighted by Crippen LogP contribution is -2.22. The minimum Gasteiger partial charge on any atom is -0.493 e. The zero-order chi connectivity index (χ0) is 20.0. The third kappa shape index (κ3) is 5.44. The fourth-order valence-electron chi connectivity index (χ4n) is 2.65. The average molecular weight is 375 g/mol. The standard InChI is InChI=1S/C20H22FNO5/c1-12(8-13-4-7-17(26-2)18(9-13)27-3)20(25)22-15-6-5-14(10-19(23)24)16(21)11-15/h4-7,9,11-12H,8,10H2,1-3H3,(H,22,25)(H,23,24). The molecule has 0 aliphatic carbocycles. The summed E-state index contributed by atoms with van der Waals surface area (Å²) in [5.41, 5.74) is 1.25. The van der Waals surface area contributed by atoms with Crippen LogP contribution in [0.15, 0.2) is 36.4 Å². The van der Waals surface area contributed by atoms with E-state index in [2.05, 4.69) is 5.32 Å². The fraction of sp³-hybridized carbons (Fsp3) is 0.300. The van der Waals surface area contributed by atoms with Gasteiger partial charge >= 0.3 is 5.97 Å². The van der Waals surface area contributed by atoms with Gasteiger partial charge in [-0.15, -0.1) is 0 Å². The number of ether oxygens (including phenoxy) is 2. The zero-order valence-electron chi connectivity index (χ0n) is 15.4. The molecule has 0 aliphatic heterocycles. The second-order valence-corrected chi connectivity index (χ2v) is 6.16. The molecule has 27 heavy (non-hydrogen) atoms. The summed E-state index contributed by atoms with van der Waals surface area (Å²) in [6.07, 6.45) is 0.0571. The maximum absolute atomic E-state index is 13.9. The van der Waals surface area contributed by atoms with Crippen LogP contribution in [0.5, 0.6) is 11.5 Å². The molecule has 1 unspecified atom stereocenters. The van der Waals surface area contributed by atoms with Crippen LogP contribution < -0.4 is 14.8 Å². The Morgan fingerprint density at radius 3 is 2.41 bits per heavy atom. The number of amides is 1. The number of hydrogen-bond acceptors (Lipinski definition) is 4. The van der Waals surface area contributed by atoms with E-state index in [-0.39, 0.29) is 23.1 Å². The Balaban J connectivity index is 2.03. The van der Waals surface area contributed by atoms with E-state index in [4.69, 9.17) is 14.6 Å². The van der Waals surface area contributed by atoms with Gasteiger partial charge in [0.05, 0.1) is 20.6 Å². The topological polar surface area (TPSA) is 84.9 Å². The number of methoxy groups -OCH3 is 2. The number of rotatable bonds is 8. The summed E-state index contributed by atoms with van der Waals surface area (Å²) in [6, 6.07) is 9.41. The number of carbonyl (C=O) groups excluding carboxylic acids is 1. The highest BCUT2D eigenvalue weighted by molar-refractivity contribution is 5.92. The Kier molecular flexibility index (Phi) is 6.76. The van der Waals surface area contributed by atoms with E-state index in [9.17, 15) is 14.0 Å². The number of hydrogen-bond donors (Lipinski definition) is 2. The molecule has 144 valence electrons. The Morgan fingerprint density at radius 2 is 1.81 bits per heavy atom. The van der Waals surface area contributed by atoms with Crippen LogP contribution in [0.3, 0.4) is 0 Å². The summed E-state index contributed by atoms with van der Waals surface area (Å²) in [6.45, 7) is 1.77. The van der Waals surface area contributed by atoms with Gasteiger partial charge in [-0.05, 0) is 41.8 Å². The van der Waals surface area contributed by atoms with Gasteiger partial charge in [-0.1, -0.05) is 19.1 Å². The zero-order valence-corrected chi connectivity index (χ0v) is 15.4. The van der Waals surface area contributed by atoms with Crippen molar-refractivity contribution in [1.29, 1.82) is 0 Å². The van der Waals surface area contributed by atoms with Gasteiger partial charge < -0.3 is 19.9 Å². The number of carbonyl (C=O) groups is 2. The summed E-state index contributed by atoms with van der Waals surface area (Å²) in [5.74, 6) is -1.23. The van der Waals surface area contributed by atoms with Gasteiger partial charge in [0.1, 0.15) is 5.82 Å². The highest BCUT2D eigenvalue weighted by Gasteiger charge is 2.16. The summed E-state index contributed by atoms with van der Waals surface area (Å²) in [5, 5.41) is 11.4. The van der Waals surface area contributed by atoms with Gasteiger partial charge in [0, 0.05) is 11.6 Å². The van der Waals surface area contributed by atoms with E-state index < -0.39 is 18.2 Å². The van der Waals surface area contributed by atoms with Crippen molar-refractivity contribution < 1.29 is 28.6 Å². The Hall–Kier alpha value is -3.09.